The highest BCUT2D eigenvalue weighted by Crippen LogP contribution is 1.78. The minimum atomic E-state index is -0.784. The van der Waals surface area contributed by atoms with Crippen molar-refractivity contribution in [2.75, 3.05) is 31.1 Å². The molecule has 0 aliphatic rings. The zero-order valence-corrected chi connectivity index (χ0v) is 9.08. The summed E-state index contributed by atoms with van der Waals surface area (Å²) in [5.74, 6) is 1.17. The van der Waals surface area contributed by atoms with Crippen LogP contribution in [0.5, 0.6) is 0 Å². The van der Waals surface area contributed by atoms with Gasteiger partial charge in [-0.15, -0.1) is 0 Å². The Morgan fingerprint density at radius 2 is 2.08 bits per heavy atom. The highest BCUT2D eigenvalue weighted by Gasteiger charge is 2.00. The number of hydrogen-bond acceptors (Lipinski definition) is 3. The number of nitrogens with one attached hydrogen (secondary N) is 2. The lowest BCUT2D eigenvalue weighted by Gasteiger charge is -2.04. The van der Waals surface area contributed by atoms with E-state index < -0.39 is 10.8 Å². The van der Waals surface area contributed by atoms with Crippen molar-refractivity contribution in [3.63, 3.8) is 0 Å². The Balaban J connectivity index is 3.31. The Kier molecular flexibility index (Phi) is 7.93. The lowest BCUT2D eigenvalue weighted by atomic mass is 10.5. The van der Waals surface area contributed by atoms with Gasteiger partial charge in [-0.1, -0.05) is 13.8 Å². The van der Waals surface area contributed by atoms with Gasteiger partial charge in [0.2, 0.25) is 5.91 Å². The highest BCUT2D eigenvalue weighted by molar-refractivity contribution is 7.84. The first-order valence-electron chi connectivity index (χ1n) is 4.53. The molecule has 13 heavy (non-hydrogen) atoms. The van der Waals surface area contributed by atoms with Crippen molar-refractivity contribution in [2.24, 2.45) is 0 Å². The summed E-state index contributed by atoms with van der Waals surface area (Å²) in [6, 6.07) is 0. The molecule has 0 aromatic heterocycles. The summed E-state index contributed by atoms with van der Waals surface area (Å²) in [7, 11) is -0.784. The second-order valence-electron chi connectivity index (χ2n) is 2.56. The Labute approximate surface area is 81.9 Å². The van der Waals surface area contributed by atoms with Crippen LogP contribution in [0.25, 0.3) is 0 Å². The molecule has 0 saturated heterocycles. The molecule has 0 aliphatic carbocycles. The number of carbonyl (C=O) groups excluding carboxylic acids is 1. The van der Waals surface area contributed by atoms with Crippen molar-refractivity contribution in [3.8, 4) is 0 Å². The first-order chi connectivity index (χ1) is 6.20. The van der Waals surface area contributed by atoms with Gasteiger partial charge in [-0.05, 0) is 6.54 Å². The van der Waals surface area contributed by atoms with Gasteiger partial charge in [0.15, 0.2) is 0 Å². The summed E-state index contributed by atoms with van der Waals surface area (Å²) in [6.07, 6.45) is 0. The van der Waals surface area contributed by atoms with Gasteiger partial charge in [0.05, 0.1) is 6.54 Å². The van der Waals surface area contributed by atoms with Crippen LogP contribution in [0.15, 0.2) is 0 Å². The molecule has 0 rings (SSSR count). The van der Waals surface area contributed by atoms with Gasteiger partial charge in [-0.3, -0.25) is 9.00 Å². The molecule has 0 aromatic rings. The minimum absolute atomic E-state index is 0.0325. The van der Waals surface area contributed by atoms with E-state index >= 15 is 0 Å². The molecular weight excluding hydrogens is 188 g/mol. The second kappa shape index (κ2) is 8.19. The monoisotopic (exact) mass is 206 g/mol. The summed E-state index contributed by atoms with van der Waals surface area (Å²) in [6.45, 7) is 5.45. The molecule has 0 fully saturated rings. The van der Waals surface area contributed by atoms with E-state index in [1.807, 2.05) is 13.8 Å². The first kappa shape index (κ1) is 12.6. The van der Waals surface area contributed by atoms with Crippen LogP contribution in [0.3, 0.4) is 0 Å². The normalized spacial score (nSPS) is 12.5. The zero-order valence-electron chi connectivity index (χ0n) is 8.26. The molecule has 5 heteroatoms. The highest BCUT2D eigenvalue weighted by atomic mass is 32.2. The van der Waals surface area contributed by atoms with Crippen molar-refractivity contribution in [3.05, 3.63) is 0 Å². The van der Waals surface area contributed by atoms with Crippen LogP contribution in [0.4, 0.5) is 0 Å². The summed E-state index contributed by atoms with van der Waals surface area (Å²) in [5.41, 5.74) is 0. The van der Waals surface area contributed by atoms with Crippen molar-refractivity contribution in [2.45, 2.75) is 13.8 Å². The fourth-order valence-electron chi connectivity index (χ4n) is 0.750. The molecule has 0 aromatic carbocycles. The van der Waals surface area contributed by atoms with Gasteiger partial charge in [-0.2, -0.15) is 0 Å². The molecule has 1 amide bonds. The number of likely N-dealkylation sites (N-methyl/N-ethyl adjacent to an activating group) is 1. The summed E-state index contributed by atoms with van der Waals surface area (Å²) in [4.78, 5) is 11.0. The topological polar surface area (TPSA) is 58.2 Å². The average Bonchev–Trinajstić information content (AvgIpc) is 2.14. The second-order valence-corrected chi connectivity index (χ2v) is 4.43. The predicted molar refractivity (Wildman–Crippen MR) is 55.1 cm³/mol. The van der Waals surface area contributed by atoms with Gasteiger partial charge in [0.1, 0.15) is 0 Å². The number of hydrogen-bond donors (Lipinski definition) is 2. The maximum absolute atomic E-state index is 11.0. The van der Waals surface area contributed by atoms with Crippen LogP contribution in [-0.4, -0.2) is 41.3 Å². The molecule has 0 heterocycles. The van der Waals surface area contributed by atoms with E-state index in [1.54, 1.807) is 0 Å². The summed E-state index contributed by atoms with van der Waals surface area (Å²) < 4.78 is 11.0. The Bertz CT molecular complexity index is 174. The van der Waals surface area contributed by atoms with Gasteiger partial charge >= 0.3 is 0 Å². The molecule has 0 bridgehead atoms. The maximum atomic E-state index is 11.0. The average molecular weight is 206 g/mol. The van der Waals surface area contributed by atoms with E-state index in [0.717, 1.165) is 6.54 Å². The van der Waals surface area contributed by atoms with Gasteiger partial charge < -0.3 is 10.6 Å². The van der Waals surface area contributed by atoms with E-state index in [9.17, 15) is 9.00 Å². The number of amides is 1. The van der Waals surface area contributed by atoms with Gasteiger partial charge in [-0.25, -0.2) is 0 Å². The Morgan fingerprint density at radius 3 is 2.62 bits per heavy atom. The van der Waals surface area contributed by atoms with Crippen molar-refractivity contribution < 1.29 is 9.00 Å². The number of carbonyl (C=O) groups is 1. The Hall–Kier alpha value is -0.420. The third kappa shape index (κ3) is 7.93. The third-order valence-electron chi connectivity index (χ3n) is 1.51. The van der Waals surface area contributed by atoms with Crippen LogP contribution in [-0.2, 0) is 15.6 Å². The van der Waals surface area contributed by atoms with Crippen LogP contribution < -0.4 is 10.6 Å². The smallest absolute Gasteiger partial charge is 0.233 e. The quantitative estimate of drug-likeness (QED) is 0.589. The van der Waals surface area contributed by atoms with Gasteiger partial charge in [0.25, 0.3) is 0 Å². The van der Waals surface area contributed by atoms with Crippen LogP contribution in [0, 0.1) is 0 Å². The van der Waals surface area contributed by atoms with Crippen molar-refractivity contribution >= 4 is 16.7 Å². The van der Waals surface area contributed by atoms with Crippen LogP contribution in [0.1, 0.15) is 13.8 Å². The minimum Gasteiger partial charge on any atom is -0.354 e. The molecule has 0 spiro atoms. The predicted octanol–water partition coefficient (Wildman–Crippen LogP) is -0.519. The van der Waals surface area contributed by atoms with E-state index in [1.165, 1.54) is 0 Å². The maximum Gasteiger partial charge on any atom is 0.233 e. The van der Waals surface area contributed by atoms with E-state index in [2.05, 4.69) is 10.6 Å². The van der Waals surface area contributed by atoms with Crippen LogP contribution in [0.2, 0.25) is 0 Å². The molecular formula is C8H18N2O2S. The summed E-state index contributed by atoms with van der Waals surface area (Å²) >= 11 is 0. The van der Waals surface area contributed by atoms with E-state index in [0.29, 0.717) is 24.6 Å². The van der Waals surface area contributed by atoms with Crippen LogP contribution >= 0.6 is 0 Å². The molecule has 2 N–H and O–H groups in total. The van der Waals surface area contributed by atoms with E-state index in [4.69, 9.17) is 0 Å². The van der Waals surface area contributed by atoms with Gasteiger partial charge in [0, 0.05) is 28.9 Å². The molecule has 0 radical (unpaired) electrons. The fourth-order valence-corrected chi connectivity index (χ4v) is 1.37. The molecule has 0 aliphatic heterocycles. The molecule has 78 valence electrons. The van der Waals surface area contributed by atoms with E-state index in [-0.39, 0.29) is 5.91 Å². The summed E-state index contributed by atoms with van der Waals surface area (Å²) in [5, 5.41) is 5.60. The zero-order chi connectivity index (χ0) is 10.1. The Morgan fingerprint density at radius 1 is 1.38 bits per heavy atom. The van der Waals surface area contributed by atoms with Crippen molar-refractivity contribution in [1.29, 1.82) is 0 Å². The molecule has 4 nitrogen and oxygen atoms in total. The fraction of sp³-hybridized carbons (Fsp3) is 0.875. The standard InChI is InChI=1S/C8H18N2O2S/c1-3-9-7-8(11)10-5-6-13(12)4-2/h9H,3-7H2,1-2H3,(H,10,11). The lowest BCUT2D eigenvalue weighted by Crippen LogP contribution is -2.35. The third-order valence-corrected chi connectivity index (χ3v) is 2.81. The first-order valence-corrected chi connectivity index (χ1v) is 6.01. The SMILES string of the molecule is CCNCC(=O)NCCS(=O)CC. The van der Waals surface area contributed by atoms with Crippen molar-refractivity contribution in [1.82, 2.24) is 10.6 Å². The largest absolute Gasteiger partial charge is 0.354 e. The lowest BCUT2D eigenvalue weighted by molar-refractivity contribution is -0.120. The molecule has 1 unspecified atom stereocenters. The molecule has 0 saturated carbocycles. The molecule has 1 atom stereocenters. The number of rotatable bonds is 7.